The quantitative estimate of drug-likeness (QED) is 0.402. The van der Waals surface area contributed by atoms with Crippen LogP contribution >= 0.6 is 0 Å². The van der Waals surface area contributed by atoms with Gasteiger partial charge in [0.25, 0.3) is 9.05 Å². The van der Waals surface area contributed by atoms with Crippen molar-refractivity contribution in [1.82, 2.24) is 0 Å². The summed E-state index contributed by atoms with van der Waals surface area (Å²) in [6.45, 7) is 0. The van der Waals surface area contributed by atoms with Crippen molar-refractivity contribution in [2.45, 2.75) is 0 Å². The predicted octanol–water partition coefficient (Wildman–Crippen LogP) is -6.32. The summed E-state index contributed by atoms with van der Waals surface area (Å²) in [4.78, 5) is 0. The van der Waals surface area contributed by atoms with E-state index in [1.165, 1.54) is 0 Å². The number of hydrogen-bond acceptors (Lipinski definition) is 2. The molecule has 0 heterocycles. The Balaban J connectivity index is -0.0000000267. The molecule has 0 rings (SSSR count). The third-order valence-electron chi connectivity index (χ3n) is 0. The minimum Gasteiger partial charge on any atom is -2.00 e. The van der Waals surface area contributed by atoms with E-state index in [1.54, 1.807) is 0 Å². The molecule has 8 heteroatoms. The zero-order valence-electron chi connectivity index (χ0n) is 4.53. The molecule has 0 atom stereocenters. The molecular formula is H2K2O3S3. The third kappa shape index (κ3) is 51.4. The standard InChI is InChI=1S/2K.H2O3S2.S/c;;1-5(2,3)4;/h;;(H2,1,2,3,4);/q2*+1;;-2. The van der Waals surface area contributed by atoms with E-state index in [-0.39, 0.29) is 116 Å². The van der Waals surface area contributed by atoms with Crippen LogP contribution in [0.1, 0.15) is 0 Å². The van der Waals surface area contributed by atoms with E-state index < -0.39 is 9.05 Å². The van der Waals surface area contributed by atoms with Gasteiger partial charge in [-0.3, -0.25) is 9.11 Å². The van der Waals surface area contributed by atoms with Crippen molar-refractivity contribution < 1.29 is 116 Å². The molecule has 0 saturated carbocycles. The average molecular weight is 224 g/mol. The van der Waals surface area contributed by atoms with Crippen LogP contribution in [0, 0.1) is 0 Å². The van der Waals surface area contributed by atoms with Crippen molar-refractivity contribution in [2.75, 3.05) is 0 Å². The van der Waals surface area contributed by atoms with Gasteiger partial charge in [0.05, 0.1) is 0 Å². The molecule has 0 aromatic heterocycles. The third-order valence-corrected chi connectivity index (χ3v) is 0. The van der Waals surface area contributed by atoms with E-state index in [1.807, 2.05) is 0 Å². The van der Waals surface area contributed by atoms with Crippen LogP contribution in [0.25, 0.3) is 0 Å². The van der Waals surface area contributed by atoms with E-state index in [2.05, 4.69) is 11.2 Å². The van der Waals surface area contributed by atoms with Crippen LogP contribution in [0.4, 0.5) is 0 Å². The van der Waals surface area contributed by atoms with Crippen molar-refractivity contribution in [3.8, 4) is 0 Å². The Labute approximate surface area is 145 Å². The van der Waals surface area contributed by atoms with Gasteiger partial charge in [-0.25, -0.2) is 0 Å². The molecule has 0 radical (unpaired) electrons. The minimum atomic E-state index is -3.83. The molecule has 0 aliphatic heterocycles. The maximum Gasteiger partial charge on any atom is 1.00 e. The predicted molar refractivity (Wildman–Crippen MR) is 28.1 cm³/mol. The van der Waals surface area contributed by atoms with Gasteiger partial charge in [-0.1, -0.05) is 0 Å². The zero-order valence-corrected chi connectivity index (χ0v) is 13.2. The molecule has 2 N–H and O–H groups in total. The van der Waals surface area contributed by atoms with Gasteiger partial charge in [-0.15, -0.1) is 0 Å². The molecule has 0 aliphatic rings. The SMILES string of the molecule is O=S(O)(O)=S.[K+].[K+].[S-2]. The summed E-state index contributed by atoms with van der Waals surface area (Å²) < 4.78 is 24.0. The molecule has 8 heavy (non-hydrogen) atoms. The molecular weight excluding hydrogens is 222 g/mol. The first-order valence-corrected chi connectivity index (χ1v) is 3.10. The number of hydrogen-bond donors (Lipinski definition) is 2. The smallest absolute Gasteiger partial charge is 1.00 e. The van der Waals surface area contributed by atoms with Crippen LogP contribution in [0.2, 0.25) is 0 Å². The summed E-state index contributed by atoms with van der Waals surface area (Å²) in [5, 5.41) is 0. The summed E-state index contributed by atoms with van der Waals surface area (Å²) in [5.41, 5.74) is 0. The van der Waals surface area contributed by atoms with Crippen molar-refractivity contribution in [1.29, 1.82) is 0 Å². The van der Waals surface area contributed by atoms with Crippen molar-refractivity contribution in [2.24, 2.45) is 0 Å². The fourth-order valence-corrected chi connectivity index (χ4v) is 0. The maximum absolute atomic E-state index is 9.11. The molecule has 0 aromatic rings. The summed E-state index contributed by atoms with van der Waals surface area (Å²) in [6, 6.07) is 0. The summed E-state index contributed by atoms with van der Waals surface area (Å²) >= 11 is 3.47. The Morgan fingerprint density at radius 1 is 1.25 bits per heavy atom. The second-order valence-corrected chi connectivity index (χ2v) is 2.65. The summed E-state index contributed by atoms with van der Waals surface area (Å²) in [7, 11) is -3.83. The zero-order chi connectivity index (χ0) is 4.50. The average Bonchev–Trinajstić information content (AvgIpc) is 0.722. The Bertz CT molecular complexity index is 95.7. The topological polar surface area (TPSA) is 57.5 Å². The van der Waals surface area contributed by atoms with E-state index >= 15 is 0 Å². The molecule has 0 unspecified atom stereocenters. The second kappa shape index (κ2) is 10.9. The Morgan fingerprint density at radius 2 is 1.25 bits per heavy atom. The Kier molecular flexibility index (Phi) is 30.9. The monoisotopic (exact) mass is 224 g/mol. The van der Waals surface area contributed by atoms with Crippen molar-refractivity contribution in [3.63, 3.8) is 0 Å². The van der Waals surface area contributed by atoms with E-state index in [0.717, 1.165) is 0 Å². The van der Waals surface area contributed by atoms with Crippen LogP contribution in [0.15, 0.2) is 0 Å². The molecule has 0 fully saturated rings. The van der Waals surface area contributed by atoms with Gasteiger partial charge in [0.2, 0.25) is 0 Å². The van der Waals surface area contributed by atoms with Gasteiger partial charge in [0, 0.05) is 11.2 Å². The van der Waals surface area contributed by atoms with Gasteiger partial charge in [0.1, 0.15) is 0 Å². The fraction of sp³-hybridized carbons (Fsp3) is 0. The molecule has 40 valence electrons. The van der Waals surface area contributed by atoms with E-state index in [0.29, 0.717) is 0 Å². The van der Waals surface area contributed by atoms with Crippen LogP contribution in [0.5, 0.6) is 0 Å². The largest absolute Gasteiger partial charge is 2.00 e. The molecule has 0 amide bonds. The molecule has 0 saturated heterocycles. The van der Waals surface area contributed by atoms with Gasteiger partial charge in [-0.2, -0.15) is 4.21 Å². The van der Waals surface area contributed by atoms with E-state index in [4.69, 9.17) is 13.3 Å². The van der Waals surface area contributed by atoms with Crippen LogP contribution in [-0.2, 0) is 33.7 Å². The van der Waals surface area contributed by atoms with Crippen LogP contribution in [0.3, 0.4) is 0 Å². The fourth-order valence-electron chi connectivity index (χ4n) is 0. The number of rotatable bonds is 0. The second-order valence-electron chi connectivity index (χ2n) is 0.448. The summed E-state index contributed by atoms with van der Waals surface area (Å²) in [5.74, 6) is 0. The first-order chi connectivity index (χ1) is 2.00. The molecule has 0 aromatic carbocycles. The van der Waals surface area contributed by atoms with Crippen LogP contribution in [-0.4, -0.2) is 13.3 Å². The molecule has 3 nitrogen and oxygen atoms in total. The van der Waals surface area contributed by atoms with Gasteiger partial charge in [0.15, 0.2) is 0 Å². The van der Waals surface area contributed by atoms with Crippen LogP contribution < -0.4 is 103 Å². The van der Waals surface area contributed by atoms with Crippen molar-refractivity contribution >= 4 is 33.7 Å². The van der Waals surface area contributed by atoms with Gasteiger partial charge in [-0.05, 0) is 0 Å². The maximum atomic E-state index is 9.11. The first-order valence-electron chi connectivity index (χ1n) is 0.698. The Morgan fingerprint density at radius 3 is 1.25 bits per heavy atom. The normalized spacial score (nSPS) is 7.25. The van der Waals surface area contributed by atoms with E-state index in [9.17, 15) is 0 Å². The summed E-state index contributed by atoms with van der Waals surface area (Å²) in [6.07, 6.45) is 0. The molecule has 0 aliphatic carbocycles. The molecule has 0 bridgehead atoms. The first kappa shape index (κ1) is 22.7. The van der Waals surface area contributed by atoms with Crippen molar-refractivity contribution in [3.05, 3.63) is 0 Å². The minimum absolute atomic E-state index is 0. The molecule has 0 spiro atoms. The van der Waals surface area contributed by atoms with Gasteiger partial charge < -0.3 is 13.5 Å². The Hall–Kier alpha value is 3.91. The van der Waals surface area contributed by atoms with Gasteiger partial charge >= 0.3 is 103 Å².